The number of benzene rings is 2. The first-order chi connectivity index (χ1) is 10.8. The summed E-state index contributed by atoms with van der Waals surface area (Å²) in [5, 5.41) is 3.07. The van der Waals surface area contributed by atoms with E-state index in [4.69, 9.17) is 5.73 Å². The second-order valence-corrected chi connectivity index (χ2v) is 5.06. The van der Waals surface area contributed by atoms with Gasteiger partial charge in [-0.1, -0.05) is 30.3 Å². The molecule has 0 spiro atoms. The number of nitrogens with zero attached hydrogens (tertiary/aromatic N) is 2. The number of nitrogens with one attached hydrogen (secondary N) is 2. The number of rotatable bonds is 5. The molecule has 0 amide bonds. The summed E-state index contributed by atoms with van der Waals surface area (Å²) >= 11 is 0. The number of hydrogen-bond donors (Lipinski definition) is 3. The molecular weight excluding hydrogens is 274 g/mol. The zero-order valence-electron chi connectivity index (χ0n) is 12.3. The predicted molar refractivity (Wildman–Crippen MR) is 91.0 cm³/mol. The third kappa shape index (κ3) is 3.63. The molecule has 4 N–H and O–H groups in total. The number of imidazole rings is 1. The van der Waals surface area contributed by atoms with E-state index in [0.29, 0.717) is 12.5 Å². The van der Waals surface area contributed by atoms with Crippen molar-refractivity contribution in [3.8, 4) is 0 Å². The molecule has 2 aromatic carbocycles. The van der Waals surface area contributed by atoms with Gasteiger partial charge in [0.25, 0.3) is 0 Å². The Hall–Kier alpha value is -2.82. The summed E-state index contributed by atoms with van der Waals surface area (Å²) in [4.78, 5) is 12.2. The quantitative estimate of drug-likeness (QED) is 0.384. The standard InChI is InChI=1S/C17H19N5/c18-17(20-13-7-2-1-3-8-13)19-12-6-11-16-21-14-9-4-5-10-15(14)22-16/h1-5,7-10H,6,11-12H2,(H,21,22)(H3,18,19,20). The van der Waals surface area contributed by atoms with Gasteiger partial charge in [0.1, 0.15) is 5.82 Å². The predicted octanol–water partition coefficient (Wildman–Crippen LogP) is 2.92. The molecule has 0 aliphatic rings. The fourth-order valence-corrected chi connectivity index (χ4v) is 2.28. The van der Waals surface area contributed by atoms with Gasteiger partial charge >= 0.3 is 0 Å². The minimum absolute atomic E-state index is 0.441. The molecule has 0 unspecified atom stereocenters. The number of aromatic amines is 1. The van der Waals surface area contributed by atoms with Gasteiger partial charge in [-0.2, -0.15) is 0 Å². The highest BCUT2D eigenvalue weighted by Crippen LogP contribution is 2.11. The fraction of sp³-hybridized carbons (Fsp3) is 0.176. The van der Waals surface area contributed by atoms with Gasteiger partial charge in [-0.3, -0.25) is 4.99 Å². The van der Waals surface area contributed by atoms with Crippen LogP contribution in [-0.4, -0.2) is 22.5 Å². The van der Waals surface area contributed by atoms with Gasteiger partial charge in [-0.05, 0) is 30.7 Å². The molecule has 0 aliphatic heterocycles. The van der Waals surface area contributed by atoms with Crippen LogP contribution in [0.1, 0.15) is 12.2 Å². The van der Waals surface area contributed by atoms with Gasteiger partial charge < -0.3 is 16.0 Å². The number of aromatic nitrogens is 2. The highest BCUT2D eigenvalue weighted by atomic mass is 15.1. The van der Waals surface area contributed by atoms with Gasteiger partial charge in [0.2, 0.25) is 0 Å². The largest absolute Gasteiger partial charge is 0.370 e. The highest BCUT2D eigenvalue weighted by molar-refractivity contribution is 5.92. The lowest BCUT2D eigenvalue weighted by atomic mass is 10.3. The molecule has 0 atom stereocenters. The van der Waals surface area contributed by atoms with E-state index in [9.17, 15) is 0 Å². The molecule has 3 aromatic rings. The molecule has 0 saturated carbocycles. The van der Waals surface area contributed by atoms with Crippen molar-refractivity contribution in [2.45, 2.75) is 12.8 Å². The van der Waals surface area contributed by atoms with Crippen molar-refractivity contribution in [3.05, 3.63) is 60.4 Å². The van der Waals surface area contributed by atoms with E-state index in [2.05, 4.69) is 20.3 Å². The molecule has 22 heavy (non-hydrogen) atoms. The van der Waals surface area contributed by atoms with Gasteiger partial charge in [-0.15, -0.1) is 0 Å². The smallest absolute Gasteiger partial charge is 0.193 e. The van der Waals surface area contributed by atoms with Crippen LogP contribution in [0.4, 0.5) is 5.69 Å². The topological polar surface area (TPSA) is 79.1 Å². The molecule has 5 nitrogen and oxygen atoms in total. The number of fused-ring (bicyclic) bond motifs is 1. The van der Waals surface area contributed by atoms with Crippen LogP contribution in [0.2, 0.25) is 0 Å². The first kappa shape index (κ1) is 14.1. The molecule has 0 aliphatic carbocycles. The maximum Gasteiger partial charge on any atom is 0.193 e. The van der Waals surface area contributed by atoms with Crippen LogP contribution in [0.3, 0.4) is 0 Å². The first-order valence-corrected chi connectivity index (χ1v) is 7.37. The van der Waals surface area contributed by atoms with Crippen LogP contribution in [0.25, 0.3) is 11.0 Å². The number of para-hydroxylation sites is 3. The van der Waals surface area contributed by atoms with Crippen LogP contribution >= 0.6 is 0 Å². The summed E-state index contributed by atoms with van der Waals surface area (Å²) < 4.78 is 0. The molecule has 0 radical (unpaired) electrons. The summed E-state index contributed by atoms with van der Waals surface area (Å²) in [5.41, 5.74) is 8.89. The van der Waals surface area contributed by atoms with Gasteiger partial charge in [0.15, 0.2) is 5.96 Å². The summed E-state index contributed by atoms with van der Waals surface area (Å²) in [6.45, 7) is 0.669. The van der Waals surface area contributed by atoms with E-state index in [1.54, 1.807) is 0 Å². The number of anilines is 1. The number of aryl methyl sites for hydroxylation is 1. The zero-order chi connectivity index (χ0) is 15.2. The van der Waals surface area contributed by atoms with Crippen LogP contribution < -0.4 is 11.1 Å². The number of H-pyrrole nitrogens is 1. The molecule has 112 valence electrons. The highest BCUT2D eigenvalue weighted by Gasteiger charge is 2.01. The number of hydrogen-bond acceptors (Lipinski definition) is 2. The second-order valence-electron chi connectivity index (χ2n) is 5.06. The summed E-state index contributed by atoms with van der Waals surface area (Å²) in [6, 6.07) is 17.8. The third-order valence-electron chi connectivity index (χ3n) is 3.34. The molecule has 1 aromatic heterocycles. The normalized spacial score (nSPS) is 11.7. The average molecular weight is 293 g/mol. The lowest BCUT2D eigenvalue weighted by Crippen LogP contribution is -2.22. The van der Waals surface area contributed by atoms with Crippen LogP contribution in [0, 0.1) is 0 Å². The first-order valence-electron chi connectivity index (χ1n) is 7.37. The van der Waals surface area contributed by atoms with Crippen molar-refractivity contribution < 1.29 is 0 Å². The van der Waals surface area contributed by atoms with Crippen molar-refractivity contribution in [3.63, 3.8) is 0 Å². The summed E-state index contributed by atoms with van der Waals surface area (Å²) in [7, 11) is 0. The van der Waals surface area contributed by atoms with Crippen molar-refractivity contribution in [1.82, 2.24) is 9.97 Å². The Morgan fingerprint density at radius 2 is 1.86 bits per heavy atom. The minimum atomic E-state index is 0.441. The Bertz CT molecular complexity index is 728. The molecule has 3 rings (SSSR count). The average Bonchev–Trinajstić information content (AvgIpc) is 2.95. The zero-order valence-corrected chi connectivity index (χ0v) is 12.3. The van der Waals surface area contributed by atoms with Gasteiger partial charge in [-0.25, -0.2) is 4.98 Å². The molecule has 0 bridgehead atoms. The van der Waals surface area contributed by atoms with Gasteiger partial charge in [0.05, 0.1) is 11.0 Å². The van der Waals surface area contributed by atoms with Crippen LogP contribution in [-0.2, 0) is 6.42 Å². The van der Waals surface area contributed by atoms with Crippen molar-refractivity contribution in [2.75, 3.05) is 11.9 Å². The Morgan fingerprint density at radius 1 is 1.09 bits per heavy atom. The summed E-state index contributed by atoms with van der Waals surface area (Å²) in [5.74, 6) is 1.43. The maximum absolute atomic E-state index is 5.86. The van der Waals surface area contributed by atoms with Gasteiger partial charge in [0, 0.05) is 18.7 Å². The van der Waals surface area contributed by atoms with E-state index in [-0.39, 0.29) is 0 Å². The minimum Gasteiger partial charge on any atom is -0.370 e. The van der Waals surface area contributed by atoms with Crippen LogP contribution in [0.5, 0.6) is 0 Å². The number of guanidine groups is 1. The Balaban J connectivity index is 1.49. The second kappa shape index (κ2) is 6.76. The summed E-state index contributed by atoms with van der Waals surface area (Å²) in [6.07, 6.45) is 1.76. The van der Waals surface area contributed by atoms with E-state index in [1.807, 2.05) is 54.6 Å². The SMILES string of the molecule is NC(=NCCCc1nc2ccccc2[nH]1)Nc1ccccc1. The van der Waals surface area contributed by atoms with E-state index in [0.717, 1.165) is 35.4 Å². The Kier molecular flexibility index (Phi) is 4.34. The lowest BCUT2D eigenvalue weighted by molar-refractivity contribution is 0.796. The van der Waals surface area contributed by atoms with Crippen LogP contribution in [0.15, 0.2) is 59.6 Å². The van der Waals surface area contributed by atoms with E-state index >= 15 is 0 Å². The molecule has 0 fully saturated rings. The van der Waals surface area contributed by atoms with Crippen molar-refractivity contribution >= 4 is 22.7 Å². The molecule has 0 saturated heterocycles. The monoisotopic (exact) mass is 293 g/mol. The van der Waals surface area contributed by atoms with Crippen molar-refractivity contribution in [1.29, 1.82) is 0 Å². The Morgan fingerprint density at radius 3 is 2.68 bits per heavy atom. The number of aliphatic imine (C=N–C) groups is 1. The Labute approximate surface area is 129 Å². The molecular formula is C17H19N5. The lowest BCUT2D eigenvalue weighted by Gasteiger charge is -2.04. The molecule has 1 heterocycles. The van der Waals surface area contributed by atoms with E-state index < -0.39 is 0 Å². The fourth-order valence-electron chi connectivity index (χ4n) is 2.28. The molecule has 5 heteroatoms. The third-order valence-corrected chi connectivity index (χ3v) is 3.34. The number of nitrogens with two attached hydrogens (primary N) is 1. The van der Waals surface area contributed by atoms with E-state index in [1.165, 1.54) is 0 Å². The van der Waals surface area contributed by atoms with Crippen molar-refractivity contribution in [2.24, 2.45) is 10.7 Å². The maximum atomic E-state index is 5.86.